The average Bonchev–Trinajstić information content (AvgIpc) is 1.87. The zero-order valence-corrected chi connectivity index (χ0v) is 6.55. The minimum atomic E-state index is 0.199. The number of ether oxygens (including phenoxy) is 1. The summed E-state index contributed by atoms with van der Waals surface area (Å²) in [6, 6.07) is 0.208. The molecule has 2 heteroatoms. The van der Waals surface area contributed by atoms with Gasteiger partial charge < -0.3 is 10.5 Å². The lowest BCUT2D eigenvalue weighted by atomic mass is 10.1. The van der Waals surface area contributed by atoms with E-state index >= 15 is 0 Å². The molecule has 0 aromatic heterocycles. The molecule has 0 radical (unpaired) electrons. The molecule has 0 aliphatic heterocycles. The highest BCUT2D eigenvalue weighted by Gasteiger charge is 2.08. The molecule has 0 aromatic rings. The lowest BCUT2D eigenvalue weighted by Crippen LogP contribution is -2.33. The Hall–Kier alpha value is -0.0800. The summed E-state index contributed by atoms with van der Waals surface area (Å²) in [4.78, 5) is 0. The van der Waals surface area contributed by atoms with Crippen molar-refractivity contribution in [2.75, 3.05) is 7.11 Å². The molecule has 56 valence electrons. The summed E-state index contributed by atoms with van der Waals surface area (Å²) in [6.07, 6.45) is 2.38. The lowest BCUT2D eigenvalue weighted by Gasteiger charge is -2.16. The maximum absolute atomic E-state index is 5.71. The van der Waals surface area contributed by atoms with Crippen LogP contribution in [0.5, 0.6) is 0 Å². The fraction of sp³-hybridized carbons (Fsp3) is 1.00. The van der Waals surface area contributed by atoms with E-state index < -0.39 is 0 Å². The van der Waals surface area contributed by atoms with Crippen LogP contribution in [-0.4, -0.2) is 19.3 Å². The second-order valence-corrected chi connectivity index (χ2v) is 2.39. The van der Waals surface area contributed by atoms with E-state index in [-0.39, 0.29) is 12.1 Å². The fourth-order valence-electron chi connectivity index (χ4n) is 0.743. The summed E-state index contributed by atoms with van der Waals surface area (Å²) in [5.41, 5.74) is 5.71. The van der Waals surface area contributed by atoms with Crippen LogP contribution in [0.3, 0.4) is 0 Å². The van der Waals surface area contributed by atoms with Crippen LogP contribution in [-0.2, 0) is 4.74 Å². The minimum Gasteiger partial charge on any atom is -0.380 e. The van der Waals surface area contributed by atoms with Crippen LogP contribution in [0.25, 0.3) is 0 Å². The van der Waals surface area contributed by atoms with E-state index in [9.17, 15) is 0 Å². The molecule has 0 fully saturated rings. The molecule has 0 saturated heterocycles. The third-order valence-corrected chi connectivity index (χ3v) is 1.60. The zero-order valence-electron chi connectivity index (χ0n) is 6.55. The number of methoxy groups -OCH3 is 1. The molecule has 0 aromatic carbocycles. The van der Waals surface area contributed by atoms with E-state index in [4.69, 9.17) is 10.5 Å². The Morgan fingerprint density at radius 3 is 2.44 bits per heavy atom. The molecular weight excluding hydrogens is 114 g/mol. The van der Waals surface area contributed by atoms with Gasteiger partial charge in [-0.05, 0) is 13.3 Å². The van der Waals surface area contributed by atoms with Crippen LogP contribution < -0.4 is 5.73 Å². The molecule has 0 unspecified atom stereocenters. The van der Waals surface area contributed by atoms with Gasteiger partial charge in [0.05, 0.1) is 6.10 Å². The van der Waals surface area contributed by atoms with Crippen molar-refractivity contribution >= 4 is 0 Å². The molecule has 0 aliphatic rings. The van der Waals surface area contributed by atoms with Crippen molar-refractivity contribution in [3.63, 3.8) is 0 Å². The van der Waals surface area contributed by atoms with Gasteiger partial charge in [-0.1, -0.05) is 13.3 Å². The second-order valence-electron chi connectivity index (χ2n) is 2.39. The van der Waals surface area contributed by atoms with Gasteiger partial charge in [0.2, 0.25) is 0 Å². The van der Waals surface area contributed by atoms with Gasteiger partial charge in [-0.25, -0.2) is 0 Å². The average molecular weight is 131 g/mol. The Balaban J connectivity index is 3.32. The second kappa shape index (κ2) is 4.77. The minimum absolute atomic E-state index is 0.199. The Morgan fingerprint density at radius 2 is 2.11 bits per heavy atom. The van der Waals surface area contributed by atoms with Crippen LogP contribution in [0.15, 0.2) is 0 Å². The van der Waals surface area contributed by atoms with Crippen molar-refractivity contribution in [1.82, 2.24) is 0 Å². The standard InChI is InChI=1S/C7H17NO/c1-4-5-7(8)6(2)9-3/h6-7H,4-5,8H2,1-3H3/t6-,7+/m0/s1. The predicted octanol–water partition coefficient (Wildman–Crippen LogP) is 1.15. The first kappa shape index (κ1) is 8.92. The molecule has 0 aliphatic carbocycles. The molecule has 0 amide bonds. The summed E-state index contributed by atoms with van der Waals surface area (Å²) < 4.78 is 5.04. The molecule has 0 bridgehead atoms. The highest BCUT2D eigenvalue weighted by Crippen LogP contribution is 2.00. The first-order chi connectivity index (χ1) is 4.22. The summed E-state index contributed by atoms with van der Waals surface area (Å²) in [6.45, 7) is 4.13. The van der Waals surface area contributed by atoms with E-state index in [1.54, 1.807) is 7.11 Å². The quantitative estimate of drug-likeness (QED) is 0.621. The summed E-state index contributed by atoms with van der Waals surface area (Å²) >= 11 is 0. The van der Waals surface area contributed by atoms with Gasteiger partial charge in [0.15, 0.2) is 0 Å². The summed E-state index contributed by atoms with van der Waals surface area (Å²) in [7, 11) is 1.69. The van der Waals surface area contributed by atoms with E-state index in [2.05, 4.69) is 6.92 Å². The number of hydrogen-bond donors (Lipinski definition) is 1. The van der Waals surface area contributed by atoms with Gasteiger partial charge >= 0.3 is 0 Å². The Kier molecular flexibility index (Phi) is 4.72. The SMILES string of the molecule is CCC[C@@H](N)[C@H](C)OC. The monoisotopic (exact) mass is 131 g/mol. The zero-order chi connectivity index (χ0) is 7.28. The Bertz CT molecular complexity index is 65.9. The van der Waals surface area contributed by atoms with Gasteiger partial charge in [-0.15, -0.1) is 0 Å². The van der Waals surface area contributed by atoms with Crippen molar-refractivity contribution in [2.45, 2.75) is 38.8 Å². The molecule has 2 nitrogen and oxygen atoms in total. The van der Waals surface area contributed by atoms with E-state index in [1.807, 2.05) is 6.92 Å². The third kappa shape index (κ3) is 3.49. The molecule has 2 N–H and O–H groups in total. The smallest absolute Gasteiger partial charge is 0.0694 e. The highest BCUT2D eigenvalue weighted by molar-refractivity contribution is 4.67. The lowest BCUT2D eigenvalue weighted by molar-refractivity contribution is 0.0927. The van der Waals surface area contributed by atoms with Crippen molar-refractivity contribution in [3.8, 4) is 0 Å². The van der Waals surface area contributed by atoms with E-state index in [0.29, 0.717) is 0 Å². The molecule has 0 rings (SSSR count). The van der Waals surface area contributed by atoms with Gasteiger partial charge in [0.25, 0.3) is 0 Å². The maximum atomic E-state index is 5.71. The molecule has 0 saturated carbocycles. The van der Waals surface area contributed by atoms with Crippen LogP contribution in [0.4, 0.5) is 0 Å². The van der Waals surface area contributed by atoms with E-state index in [1.165, 1.54) is 0 Å². The number of hydrogen-bond acceptors (Lipinski definition) is 2. The van der Waals surface area contributed by atoms with Crippen molar-refractivity contribution in [2.24, 2.45) is 5.73 Å². The molecule has 0 spiro atoms. The topological polar surface area (TPSA) is 35.2 Å². The normalized spacial score (nSPS) is 17.3. The molecular formula is C7H17NO. The van der Waals surface area contributed by atoms with Gasteiger partial charge in [-0.3, -0.25) is 0 Å². The summed E-state index contributed by atoms with van der Waals surface area (Å²) in [5.74, 6) is 0. The maximum Gasteiger partial charge on any atom is 0.0694 e. The number of nitrogens with two attached hydrogens (primary N) is 1. The predicted molar refractivity (Wildman–Crippen MR) is 39.4 cm³/mol. The van der Waals surface area contributed by atoms with Crippen LogP contribution in [0.1, 0.15) is 26.7 Å². The molecule has 2 atom stereocenters. The van der Waals surface area contributed by atoms with E-state index in [0.717, 1.165) is 12.8 Å². The number of rotatable bonds is 4. The third-order valence-electron chi connectivity index (χ3n) is 1.60. The van der Waals surface area contributed by atoms with Crippen LogP contribution >= 0.6 is 0 Å². The van der Waals surface area contributed by atoms with Gasteiger partial charge in [0.1, 0.15) is 0 Å². The van der Waals surface area contributed by atoms with Crippen molar-refractivity contribution in [1.29, 1.82) is 0 Å². The fourth-order valence-corrected chi connectivity index (χ4v) is 0.743. The molecule has 0 heterocycles. The highest BCUT2D eigenvalue weighted by atomic mass is 16.5. The van der Waals surface area contributed by atoms with Crippen molar-refractivity contribution in [3.05, 3.63) is 0 Å². The largest absolute Gasteiger partial charge is 0.380 e. The van der Waals surface area contributed by atoms with Crippen LogP contribution in [0, 0.1) is 0 Å². The first-order valence-electron chi connectivity index (χ1n) is 3.50. The summed E-state index contributed by atoms with van der Waals surface area (Å²) in [5, 5.41) is 0. The molecule has 9 heavy (non-hydrogen) atoms. The first-order valence-corrected chi connectivity index (χ1v) is 3.50. The van der Waals surface area contributed by atoms with Crippen molar-refractivity contribution < 1.29 is 4.74 Å². The Morgan fingerprint density at radius 1 is 1.56 bits per heavy atom. The van der Waals surface area contributed by atoms with Gasteiger partial charge in [-0.2, -0.15) is 0 Å². The van der Waals surface area contributed by atoms with Crippen LogP contribution in [0.2, 0.25) is 0 Å². The Labute approximate surface area is 57.4 Å². The van der Waals surface area contributed by atoms with Gasteiger partial charge in [0, 0.05) is 13.2 Å².